The molecule has 12 heteroatoms. The first-order valence-corrected chi connectivity index (χ1v) is 12.0. The van der Waals surface area contributed by atoms with Gasteiger partial charge in [0, 0.05) is 47.4 Å². The van der Waals surface area contributed by atoms with Crippen LogP contribution in [0.4, 0.5) is 10.1 Å². The Labute approximate surface area is 213 Å². The number of carbonyl (C=O) groups is 2. The zero-order valence-corrected chi connectivity index (χ0v) is 20.7. The summed E-state index contributed by atoms with van der Waals surface area (Å²) >= 11 is -2.70. The van der Waals surface area contributed by atoms with E-state index in [0.717, 1.165) is 4.31 Å². The first kappa shape index (κ1) is 25.8. The molecule has 1 amide bonds. The van der Waals surface area contributed by atoms with E-state index in [-0.39, 0.29) is 51.8 Å². The van der Waals surface area contributed by atoms with Crippen LogP contribution in [0, 0.1) is 5.82 Å². The first-order chi connectivity index (χ1) is 17.7. The molecule has 0 saturated carbocycles. The number of nitrogens with one attached hydrogen (secondary N) is 1. The van der Waals surface area contributed by atoms with Crippen LogP contribution in [0.3, 0.4) is 0 Å². The van der Waals surface area contributed by atoms with Crippen LogP contribution in [0.15, 0.2) is 52.9 Å². The highest BCUT2D eigenvalue weighted by molar-refractivity contribution is 7.80. The topological polar surface area (TPSA) is 145 Å². The summed E-state index contributed by atoms with van der Waals surface area (Å²) in [5.41, 5.74) is 0.896. The van der Waals surface area contributed by atoms with Crippen LogP contribution in [-0.2, 0) is 11.3 Å². The molecule has 192 valence electrons. The average Bonchev–Trinajstić information content (AvgIpc) is 3.26. The Morgan fingerprint density at radius 2 is 1.92 bits per heavy atom. The van der Waals surface area contributed by atoms with Crippen LogP contribution in [0.25, 0.3) is 33.6 Å². The summed E-state index contributed by atoms with van der Waals surface area (Å²) in [6.45, 7) is 1.67. The highest BCUT2D eigenvalue weighted by Crippen LogP contribution is 2.41. The number of methoxy groups -OCH3 is 1. The molecule has 1 unspecified atom stereocenters. The van der Waals surface area contributed by atoms with Gasteiger partial charge in [0.15, 0.2) is 11.4 Å². The maximum atomic E-state index is 13.5. The average molecular weight is 527 g/mol. The van der Waals surface area contributed by atoms with Gasteiger partial charge >= 0.3 is 5.97 Å². The maximum Gasteiger partial charge on any atom is 0.358 e. The molecule has 0 saturated heterocycles. The number of rotatable bonds is 8. The number of fused-ring (bicyclic) bond motifs is 1. The molecule has 1 atom stereocenters. The molecule has 2 aromatic carbocycles. The highest BCUT2D eigenvalue weighted by atomic mass is 32.2. The lowest BCUT2D eigenvalue weighted by Gasteiger charge is -2.27. The minimum atomic E-state index is -2.70. The van der Waals surface area contributed by atoms with E-state index in [2.05, 4.69) is 10.3 Å². The molecule has 0 aliphatic rings. The molecule has 0 fully saturated rings. The summed E-state index contributed by atoms with van der Waals surface area (Å²) in [4.78, 5) is 28.9. The molecule has 2 aromatic heterocycles. The third-order valence-corrected chi connectivity index (χ3v) is 6.47. The van der Waals surface area contributed by atoms with Gasteiger partial charge in [-0.05, 0) is 49.4 Å². The summed E-state index contributed by atoms with van der Waals surface area (Å²) in [6.07, 6.45) is 0. The Morgan fingerprint density at radius 1 is 1.22 bits per heavy atom. The number of halogens is 1. The third kappa shape index (κ3) is 4.76. The van der Waals surface area contributed by atoms with Crippen molar-refractivity contribution in [3.8, 4) is 28.3 Å². The van der Waals surface area contributed by atoms with Gasteiger partial charge in [0.05, 0.1) is 24.1 Å². The van der Waals surface area contributed by atoms with Gasteiger partial charge in [-0.2, -0.15) is 0 Å². The van der Waals surface area contributed by atoms with Crippen LogP contribution in [0.1, 0.15) is 27.8 Å². The molecule has 0 aliphatic heterocycles. The lowest BCUT2D eigenvalue weighted by Crippen LogP contribution is -2.25. The van der Waals surface area contributed by atoms with E-state index in [1.165, 1.54) is 62.7 Å². The van der Waals surface area contributed by atoms with Gasteiger partial charge in [-0.25, -0.2) is 14.2 Å². The Kier molecular flexibility index (Phi) is 7.23. The molecule has 37 heavy (non-hydrogen) atoms. The third-order valence-electron chi connectivity index (χ3n) is 5.66. The Hall–Kier alpha value is -4.29. The number of ether oxygens (including phenoxy) is 1. The molecule has 0 aliphatic carbocycles. The molecule has 4 aromatic rings. The van der Waals surface area contributed by atoms with Crippen LogP contribution >= 0.6 is 0 Å². The summed E-state index contributed by atoms with van der Waals surface area (Å²) in [6, 6.07) is 11.2. The number of carbonyl (C=O) groups excluding carboxylic acids is 1. The summed E-state index contributed by atoms with van der Waals surface area (Å²) in [7, 11) is 2.74. The number of amides is 1. The van der Waals surface area contributed by atoms with E-state index in [4.69, 9.17) is 9.15 Å². The van der Waals surface area contributed by atoms with Crippen LogP contribution in [0.2, 0.25) is 0 Å². The lowest BCUT2D eigenvalue weighted by molar-refractivity contribution is 0.0686. The van der Waals surface area contributed by atoms with Gasteiger partial charge in [0.2, 0.25) is 0 Å². The summed E-state index contributed by atoms with van der Waals surface area (Å²) in [5, 5.41) is 12.5. The molecule has 2 heterocycles. The van der Waals surface area contributed by atoms with E-state index in [9.17, 15) is 27.8 Å². The van der Waals surface area contributed by atoms with E-state index in [0.29, 0.717) is 10.9 Å². The number of carboxylic acids is 1. The minimum Gasteiger partial charge on any atom is -0.755 e. The largest absolute Gasteiger partial charge is 0.755 e. The van der Waals surface area contributed by atoms with Gasteiger partial charge in [0.25, 0.3) is 5.91 Å². The molecule has 0 bridgehead atoms. The van der Waals surface area contributed by atoms with Gasteiger partial charge < -0.3 is 28.4 Å². The number of hydrogen-bond acceptors (Lipinski definition) is 7. The molecule has 0 radical (unpaired) electrons. The standard InChI is InChI=1S/C25H22FN3O7S/c1-4-29(37(33)34)18-12-20-16(11-15(18)17-9-10-19(35-3)22(28-17)25(31)32)21(24(30)27-2)23(36-20)13-5-7-14(26)8-6-13/h5-12H,4H2,1-3H3,(H,27,30)(H,31,32)(H,33,34)/p-1. The van der Waals surface area contributed by atoms with E-state index >= 15 is 0 Å². The van der Waals surface area contributed by atoms with Crippen LogP contribution in [-0.4, -0.2) is 51.4 Å². The molecule has 0 spiro atoms. The molecule has 2 N–H and O–H groups in total. The van der Waals surface area contributed by atoms with E-state index in [1.54, 1.807) is 6.92 Å². The van der Waals surface area contributed by atoms with Gasteiger partial charge in [-0.1, -0.05) is 0 Å². The molecular formula is C25H21FN3O7S-. The van der Waals surface area contributed by atoms with Crippen molar-refractivity contribution in [2.45, 2.75) is 6.92 Å². The van der Waals surface area contributed by atoms with Crippen LogP contribution in [0.5, 0.6) is 5.75 Å². The Morgan fingerprint density at radius 3 is 2.49 bits per heavy atom. The number of hydrogen-bond donors (Lipinski definition) is 2. The normalized spacial score (nSPS) is 11.8. The monoisotopic (exact) mass is 526 g/mol. The number of furan rings is 1. The fourth-order valence-corrected chi connectivity index (χ4v) is 4.49. The Balaban J connectivity index is 2.09. The van der Waals surface area contributed by atoms with Crippen LogP contribution < -0.4 is 14.4 Å². The number of carboxylic acid groups (broad SMARTS) is 1. The lowest BCUT2D eigenvalue weighted by atomic mass is 10.0. The SMILES string of the molecule is CCN(c1cc2oc(-c3ccc(F)cc3)c(C(=O)NC)c2cc1-c1ccc(OC)c(C(=O)O)n1)S(=O)[O-]. The van der Waals surface area contributed by atoms with Crippen molar-refractivity contribution in [2.24, 2.45) is 0 Å². The van der Waals surface area contributed by atoms with Gasteiger partial charge in [0.1, 0.15) is 17.2 Å². The van der Waals surface area contributed by atoms with E-state index < -0.39 is 29.0 Å². The van der Waals surface area contributed by atoms with Crippen molar-refractivity contribution in [3.05, 3.63) is 65.6 Å². The fourth-order valence-electron chi connectivity index (χ4n) is 3.97. The molecular weight excluding hydrogens is 505 g/mol. The van der Waals surface area contributed by atoms with Gasteiger partial charge in [-0.3, -0.25) is 9.00 Å². The number of benzene rings is 2. The highest BCUT2D eigenvalue weighted by Gasteiger charge is 2.26. The fraction of sp³-hybridized carbons (Fsp3) is 0.160. The number of aromatic carboxylic acids is 1. The number of nitrogens with zero attached hydrogens (tertiary/aromatic N) is 2. The second-order valence-corrected chi connectivity index (χ2v) is 8.60. The number of pyridine rings is 1. The van der Waals surface area contributed by atoms with Crippen molar-refractivity contribution in [1.29, 1.82) is 0 Å². The van der Waals surface area contributed by atoms with Crippen molar-refractivity contribution >= 4 is 39.8 Å². The second kappa shape index (κ2) is 10.4. The predicted molar refractivity (Wildman–Crippen MR) is 134 cm³/mol. The van der Waals surface area contributed by atoms with Gasteiger partial charge in [-0.15, -0.1) is 0 Å². The van der Waals surface area contributed by atoms with Crippen molar-refractivity contribution in [2.75, 3.05) is 25.0 Å². The minimum absolute atomic E-state index is 0.0200. The van der Waals surface area contributed by atoms with Crippen molar-refractivity contribution in [3.63, 3.8) is 0 Å². The molecule has 4 rings (SSSR count). The summed E-state index contributed by atoms with van der Waals surface area (Å²) < 4.78 is 49.8. The maximum absolute atomic E-state index is 13.5. The zero-order chi connectivity index (χ0) is 26.9. The smallest absolute Gasteiger partial charge is 0.358 e. The predicted octanol–water partition coefficient (Wildman–Crippen LogP) is 3.99. The zero-order valence-electron chi connectivity index (χ0n) is 19.9. The summed E-state index contributed by atoms with van der Waals surface area (Å²) in [5.74, 6) is -2.13. The van der Waals surface area contributed by atoms with E-state index in [1.807, 2.05) is 0 Å². The first-order valence-electron chi connectivity index (χ1n) is 10.9. The van der Waals surface area contributed by atoms with Crippen molar-refractivity contribution in [1.82, 2.24) is 10.3 Å². The molecule has 10 nitrogen and oxygen atoms in total. The number of aromatic nitrogens is 1. The second-order valence-electron chi connectivity index (χ2n) is 7.72. The quantitative estimate of drug-likeness (QED) is 0.328. The number of anilines is 1. The van der Waals surface area contributed by atoms with Crippen molar-refractivity contribution < 1.29 is 37.0 Å². The Bertz CT molecular complexity index is 1540.